The van der Waals surface area contributed by atoms with Gasteiger partial charge in [-0.05, 0) is 42.8 Å². The van der Waals surface area contributed by atoms with Crippen LogP contribution < -0.4 is 14.6 Å². The molecule has 2 rings (SSSR count). The molecule has 0 bridgehead atoms. The van der Waals surface area contributed by atoms with Gasteiger partial charge in [0, 0.05) is 0 Å². The molecule has 1 aromatic carbocycles. The summed E-state index contributed by atoms with van der Waals surface area (Å²) in [5, 5.41) is 10.7. The number of benzene rings is 1. The number of allylic oxidation sites excluding steroid dienone is 1. The van der Waals surface area contributed by atoms with Gasteiger partial charge in [-0.15, -0.1) is 11.3 Å². The van der Waals surface area contributed by atoms with Crippen molar-refractivity contribution in [2.24, 2.45) is 0 Å². The van der Waals surface area contributed by atoms with Crippen LogP contribution in [0.25, 0.3) is 6.08 Å². The number of hydrogen-bond donors (Lipinski definition) is 0. The summed E-state index contributed by atoms with van der Waals surface area (Å²) in [6.07, 6.45) is 3.03. The fraction of sp³-hybridized carbons (Fsp3) is 0.176. The van der Waals surface area contributed by atoms with E-state index in [1.165, 1.54) is 18.2 Å². The Labute approximate surface area is 137 Å². The van der Waals surface area contributed by atoms with E-state index in [1.54, 1.807) is 31.4 Å². The minimum absolute atomic E-state index is 0.0322. The average Bonchev–Trinajstić information content (AvgIpc) is 3.03. The lowest BCUT2D eigenvalue weighted by molar-refractivity contribution is -0.254. The Morgan fingerprint density at radius 3 is 2.52 bits per heavy atom. The SMILES string of the molecule is CCOc1cc(/C=C/C(=O)c2ccc(C(=O)[O-])s2)ccc1OC. The molecule has 0 amide bonds. The summed E-state index contributed by atoms with van der Waals surface area (Å²) in [7, 11) is 1.56. The molecule has 0 N–H and O–H groups in total. The number of hydrogen-bond acceptors (Lipinski definition) is 6. The third kappa shape index (κ3) is 4.20. The molecule has 120 valence electrons. The predicted octanol–water partition coefficient (Wildman–Crippen LogP) is 2.42. The lowest BCUT2D eigenvalue weighted by atomic mass is 10.1. The van der Waals surface area contributed by atoms with Crippen LogP contribution in [0.2, 0.25) is 0 Å². The summed E-state index contributed by atoms with van der Waals surface area (Å²) in [5.41, 5.74) is 0.777. The highest BCUT2D eigenvalue weighted by Gasteiger charge is 2.08. The molecule has 0 unspecified atom stereocenters. The molecular weight excluding hydrogens is 316 g/mol. The van der Waals surface area contributed by atoms with Crippen molar-refractivity contribution in [3.63, 3.8) is 0 Å². The van der Waals surface area contributed by atoms with Crippen LogP contribution in [0.15, 0.2) is 36.4 Å². The summed E-state index contributed by atoms with van der Waals surface area (Å²) >= 11 is 0.894. The number of ketones is 1. The van der Waals surface area contributed by atoms with Gasteiger partial charge < -0.3 is 19.4 Å². The van der Waals surface area contributed by atoms with Gasteiger partial charge in [0.2, 0.25) is 0 Å². The Balaban J connectivity index is 2.16. The molecule has 1 heterocycles. The van der Waals surface area contributed by atoms with Crippen LogP contribution >= 0.6 is 11.3 Å². The molecule has 0 aliphatic heterocycles. The van der Waals surface area contributed by atoms with Gasteiger partial charge in [0.15, 0.2) is 17.3 Å². The van der Waals surface area contributed by atoms with E-state index in [0.717, 1.165) is 16.9 Å². The molecule has 1 aromatic heterocycles. The van der Waals surface area contributed by atoms with Crippen molar-refractivity contribution in [2.75, 3.05) is 13.7 Å². The third-order valence-electron chi connectivity index (χ3n) is 2.96. The topological polar surface area (TPSA) is 75.7 Å². The zero-order chi connectivity index (χ0) is 16.8. The van der Waals surface area contributed by atoms with E-state index in [9.17, 15) is 14.7 Å². The van der Waals surface area contributed by atoms with Crippen LogP contribution in [-0.2, 0) is 0 Å². The maximum absolute atomic E-state index is 12.0. The molecule has 0 radical (unpaired) electrons. The van der Waals surface area contributed by atoms with Gasteiger partial charge in [0.05, 0.1) is 29.4 Å². The molecule has 0 atom stereocenters. The van der Waals surface area contributed by atoms with Gasteiger partial charge in [-0.1, -0.05) is 12.1 Å². The third-order valence-corrected chi connectivity index (χ3v) is 4.04. The number of methoxy groups -OCH3 is 1. The van der Waals surface area contributed by atoms with Gasteiger partial charge in [0.25, 0.3) is 0 Å². The summed E-state index contributed by atoms with van der Waals surface area (Å²) in [4.78, 5) is 23.1. The quantitative estimate of drug-likeness (QED) is 0.575. The van der Waals surface area contributed by atoms with E-state index in [-0.39, 0.29) is 10.7 Å². The minimum atomic E-state index is -1.28. The first-order chi connectivity index (χ1) is 11.0. The van der Waals surface area contributed by atoms with E-state index >= 15 is 0 Å². The molecule has 0 fully saturated rings. The first kappa shape index (κ1) is 16.8. The van der Waals surface area contributed by atoms with Crippen LogP contribution in [0, 0.1) is 0 Å². The van der Waals surface area contributed by atoms with Crippen LogP contribution in [0.4, 0.5) is 0 Å². The second-order valence-corrected chi connectivity index (χ2v) is 5.58. The Kier molecular flexibility index (Phi) is 5.54. The van der Waals surface area contributed by atoms with E-state index < -0.39 is 5.97 Å². The van der Waals surface area contributed by atoms with E-state index in [1.807, 2.05) is 6.92 Å². The second kappa shape index (κ2) is 7.60. The fourth-order valence-corrected chi connectivity index (χ4v) is 2.66. The normalized spacial score (nSPS) is 10.7. The summed E-state index contributed by atoms with van der Waals surface area (Å²) < 4.78 is 10.7. The van der Waals surface area contributed by atoms with Crippen LogP contribution in [-0.4, -0.2) is 25.5 Å². The van der Waals surface area contributed by atoms with Gasteiger partial charge in [-0.3, -0.25) is 4.79 Å². The second-order valence-electron chi connectivity index (χ2n) is 4.49. The summed E-state index contributed by atoms with van der Waals surface area (Å²) in [6, 6.07) is 8.16. The Morgan fingerprint density at radius 2 is 1.91 bits per heavy atom. The minimum Gasteiger partial charge on any atom is -0.544 e. The number of thiophene rings is 1. The van der Waals surface area contributed by atoms with Crippen molar-refractivity contribution in [3.05, 3.63) is 51.7 Å². The van der Waals surface area contributed by atoms with E-state index in [4.69, 9.17) is 9.47 Å². The van der Waals surface area contributed by atoms with Crippen molar-refractivity contribution in [1.82, 2.24) is 0 Å². The van der Waals surface area contributed by atoms with Crippen molar-refractivity contribution in [1.29, 1.82) is 0 Å². The Bertz CT molecular complexity index is 745. The van der Waals surface area contributed by atoms with Crippen molar-refractivity contribution >= 4 is 29.2 Å². The lowest BCUT2D eigenvalue weighted by Gasteiger charge is -2.09. The number of carboxylic acid groups (broad SMARTS) is 1. The molecule has 5 nitrogen and oxygen atoms in total. The maximum atomic E-state index is 12.0. The number of carboxylic acids is 1. The Morgan fingerprint density at radius 1 is 1.17 bits per heavy atom. The highest BCUT2D eigenvalue weighted by molar-refractivity contribution is 7.16. The number of carbonyl (C=O) groups excluding carboxylic acids is 2. The molecular formula is C17H15O5S-. The number of rotatable bonds is 7. The molecule has 0 spiro atoms. The molecule has 0 aliphatic rings. The maximum Gasteiger partial charge on any atom is 0.195 e. The first-order valence-corrected chi connectivity index (χ1v) is 7.71. The van der Waals surface area contributed by atoms with Gasteiger partial charge >= 0.3 is 0 Å². The largest absolute Gasteiger partial charge is 0.544 e. The van der Waals surface area contributed by atoms with Crippen molar-refractivity contribution < 1.29 is 24.2 Å². The molecule has 0 saturated carbocycles. The molecule has 23 heavy (non-hydrogen) atoms. The molecule has 0 saturated heterocycles. The average molecular weight is 331 g/mol. The number of aromatic carboxylic acids is 1. The van der Waals surface area contributed by atoms with Crippen LogP contribution in [0.3, 0.4) is 0 Å². The smallest absolute Gasteiger partial charge is 0.195 e. The first-order valence-electron chi connectivity index (χ1n) is 6.89. The molecule has 6 heteroatoms. The summed E-state index contributed by atoms with van der Waals surface area (Å²) in [5.74, 6) is -0.335. The summed E-state index contributed by atoms with van der Waals surface area (Å²) in [6.45, 7) is 2.38. The predicted molar refractivity (Wildman–Crippen MR) is 86.2 cm³/mol. The standard InChI is InChI=1S/C17H16O5S/c1-3-22-14-10-11(5-7-13(14)21-2)4-6-12(18)15-8-9-16(23-15)17(19)20/h4-10H,3H2,1-2H3,(H,19,20)/p-1/b6-4+. The monoisotopic (exact) mass is 331 g/mol. The van der Waals surface area contributed by atoms with E-state index in [2.05, 4.69) is 0 Å². The lowest BCUT2D eigenvalue weighted by Crippen LogP contribution is -2.20. The highest BCUT2D eigenvalue weighted by Crippen LogP contribution is 2.28. The zero-order valence-electron chi connectivity index (χ0n) is 12.7. The fourth-order valence-electron chi connectivity index (χ4n) is 1.90. The Hall–Kier alpha value is -2.60. The highest BCUT2D eigenvalue weighted by atomic mass is 32.1. The van der Waals surface area contributed by atoms with Gasteiger partial charge in [-0.25, -0.2) is 0 Å². The molecule has 0 aliphatic carbocycles. The van der Waals surface area contributed by atoms with Crippen LogP contribution in [0.1, 0.15) is 31.8 Å². The van der Waals surface area contributed by atoms with E-state index in [0.29, 0.717) is 23.0 Å². The van der Waals surface area contributed by atoms with Crippen molar-refractivity contribution in [3.8, 4) is 11.5 Å². The zero-order valence-corrected chi connectivity index (χ0v) is 13.5. The van der Waals surface area contributed by atoms with Crippen LogP contribution in [0.5, 0.6) is 11.5 Å². The van der Waals surface area contributed by atoms with Crippen molar-refractivity contribution in [2.45, 2.75) is 6.92 Å². The van der Waals surface area contributed by atoms with Gasteiger partial charge in [0.1, 0.15) is 0 Å². The van der Waals surface area contributed by atoms with Gasteiger partial charge in [-0.2, -0.15) is 0 Å². The number of carbonyl (C=O) groups is 2. The number of ether oxygens (including phenoxy) is 2. The molecule has 2 aromatic rings.